The molecule has 0 saturated carbocycles. The van der Waals surface area contributed by atoms with Crippen LogP contribution in [0.25, 0.3) is 21.5 Å². The summed E-state index contributed by atoms with van der Waals surface area (Å²) in [6.07, 6.45) is 0. The Morgan fingerprint density at radius 1 is 0.812 bits per heavy atom. The van der Waals surface area contributed by atoms with Gasteiger partial charge in [0.15, 0.2) is 0 Å². The molecule has 3 aromatic carbocycles. The first-order chi connectivity index (χ1) is 7.72. The molecule has 3 rings (SSSR count). The van der Waals surface area contributed by atoms with Crippen LogP contribution in [0.15, 0.2) is 36.4 Å². The van der Waals surface area contributed by atoms with Crippen molar-refractivity contribution in [2.75, 3.05) is 0 Å². The molecule has 0 nitrogen and oxygen atoms in total. The Hall–Kier alpha value is -1.53. The molecule has 0 spiro atoms. The Morgan fingerprint density at radius 3 is 2.25 bits per heavy atom. The van der Waals surface area contributed by atoms with Gasteiger partial charge >= 0.3 is 0 Å². The van der Waals surface area contributed by atoms with Crippen LogP contribution in [-0.2, 0) is 0 Å². The van der Waals surface area contributed by atoms with Crippen molar-refractivity contribution in [2.24, 2.45) is 0 Å². The van der Waals surface area contributed by atoms with Crippen LogP contribution >= 0.6 is 11.6 Å². The van der Waals surface area contributed by atoms with Crippen LogP contribution in [0.2, 0.25) is 5.02 Å². The summed E-state index contributed by atoms with van der Waals surface area (Å²) >= 11 is 5.97. The van der Waals surface area contributed by atoms with E-state index in [2.05, 4.69) is 37.3 Å². The summed E-state index contributed by atoms with van der Waals surface area (Å²) in [6, 6.07) is 18.8. The van der Waals surface area contributed by atoms with E-state index in [0.29, 0.717) is 0 Å². The number of hydrogen-bond donors (Lipinski definition) is 0. The number of aryl methyl sites for hydroxylation is 1. The summed E-state index contributed by atoms with van der Waals surface area (Å²) in [4.78, 5) is 0. The van der Waals surface area contributed by atoms with Crippen LogP contribution in [0, 0.1) is 19.1 Å². The molecule has 0 aliphatic carbocycles. The third kappa shape index (κ3) is 1.56. The van der Waals surface area contributed by atoms with Gasteiger partial charge in [0.05, 0.1) is 0 Å². The highest BCUT2D eigenvalue weighted by molar-refractivity contribution is 6.31. The fourth-order valence-electron chi connectivity index (χ4n) is 1.89. The zero-order valence-corrected chi connectivity index (χ0v) is 9.60. The van der Waals surface area contributed by atoms with Crippen molar-refractivity contribution in [1.82, 2.24) is 0 Å². The van der Waals surface area contributed by atoms with Crippen LogP contribution in [0.3, 0.4) is 0 Å². The molecule has 0 bridgehead atoms. The van der Waals surface area contributed by atoms with Crippen molar-refractivity contribution >= 4 is 33.1 Å². The molecule has 0 N–H and O–H groups in total. The van der Waals surface area contributed by atoms with E-state index >= 15 is 0 Å². The normalized spacial score (nSPS) is 11.1. The lowest BCUT2D eigenvalue weighted by atomic mass is 10.0. The SMILES string of the molecule is Cc1ccc2[c]c3ccc(Cl)cc3[c]c2c1. The van der Waals surface area contributed by atoms with Crippen LogP contribution in [0.5, 0.6) is 0 Å². The van der Waals surface area contributed by atoms with Gasteiger partial charge in [-0.1, -0.05) is 41.4 Å². The summed E-state index contributed by atoms with van der Waals surface area (Å²) in [7, 11) is 0. The number of rotatable bonds is 0. The quantitative estimate of drug-likeness (QED) is 0.491. The molecule has 0 amide bonds. The van der Waals surface area contributed by atoms with Gasteiger partial charge in [0.2, 0.25) is 0 Å². The Morgan fingerprint density at radius 2 is 1.44 bits per heavy atom. The van der Waals surface area contributed by atoms with Crippen LogP contribution in [0.1, 0.15) is 5.56 Å². The van der Waals surface area contributed by atoms with Gasteiger partial charge in [-0.3, -0.25) is 0 Å². The Balaban J connectivity index is 2.44. The molecule has 3 aromatic rings. The van der Waals surface area contributed by atoms with Crippen molar-refractivity contribution in [3.05, 3.63) is 59.1 Å². The molecule has 0 saturated heterocycles. The molecule has 0 unspecified atom stereocenters. The maximum atomic E-state index is 5.97. The summed E-state index contributed by atoms with van der Waals surface area (Å²) in [5, 5.41) is 5.01. The summed E-state index contributed by atoms with van der Waals surface area (Å²) < 4.78 is 0. The van der Waals surface area contributed by atoms with E-state index < -0.39 is 0 Å². The molecule has 0 aromatic heterocycles. The molecule has 16 heavy (non-hydrogen) atoms. The molecule has 0 atom stereocenters. The minimum Gasteiger partial charge on any atom is -0.0843 e. The largest absolute Gasteiger partial charge is 0.0843 e. The Kier molecular flexibility index (Phi) is 2.12. The second-order valence-electron chi connectivity index (χ2n) is 3.99. The van der Waals surface area contributed by atoms with Crippen LogP contribution < -0.4 is 0 Å². The van der Waals surface area contributed by atoms with Crippen molar-refractivity contribution in [3.8, 4) is 0 Å². The molecular weight excluding hydrogens is 216 g/mol. The lowest BCUT2D eigenvalue weighted by Crippen LogP contribution is -1.79. The molecule has 76 valence electrons. The first-order valence-electron chi connectivity index (χ1n) is 5.17. The smallest absolute Gasteiger partial charge is 0.0412 e. The number of benzene rings is 3. The van der Waals surface area contributed by atoms with Gasteiger partial charge in [0, 0.05) is 5.02 Å². The molecular formula is C15H9Cl. The highest BCUT2D eigenvalue weighted by Gasteiger charge is 2.00. The lowest BCUT2D eigenvalue weighted by Gasteiger charge is -2.02. The molecule has 2 radical (unpaired) electrons. The molecule has 0 aliphatic rings. The van der Waals surface area contributed by atoms with E-state index in [1.54, 1.807) is 0 Å². The van der Waals surface area contributed by atoms with E-state index in [1.165, 1.54) is 5.56 Å². The summed E-state index contributed by atoms with van der Waals surface area (Å²) in [5.41, 5.74) is 1.23. The van der Waals surface area contributed by atoms with Crippen molar-refractivity contribution in [2.45, 2.75) is 6.92 Å². The topological polar surface area (TPSA) is 0 Å². The fraction of sp³-hybridized carbons (Fsp3) is 0.0667. The predicted molar refractivity (Wildman–Crippen MR) is 68.9 cm³/mol. The maximum Gasteiger partial charge on any atom is 0.0412 e. The summed E-state index contributed by atoms with van der Waals surface area (Å²) in [6.45, 7) is 2.08. The highest BCUT2D eigenvalue weighted by Crippen LogP contribution is 2.24. The second kappa shape index (κ2) is 3.50. The van der Waals surface area contributed by atoms with Crippen LogP contribution in [-0.4, -0.2) is 0 Å². The van der Waals surface area contributed by atoms with Crippen LogP contribution in [0.4, 0.5) is 0 Å². The van der Waals surface area contributed by atoms with E-state index in [1.807, 2.05) is 18.2 Å². The van der Waals surface area contributed by atoms with E-state index in [9.17, 15) is 0 Å². The number of hydrogen-bond acceptors (Lipinski definition) is 0. The van der Waals surface area contributed by atoms with E-state index in [4.69, 9.17) is 11.6 Å². The lowest BCUT2D eigenvalue weighted by molar-refractivity contribution is 1.51. The first kappa shape index (κ1) is 9.68. The maximum absolute atomic E-state index is 5.97. The van der Waals surface area contributed by atoms with Crippen molar-refractivity contribution in [3.63, 3.8) is 0 Å². The molecule has 0 aliphatic heterocycles. The van der Waals surface area contributed by atoms with Gasteiger partial charge in [-0.15, -0.1) is 0 Å². The van der Waals surface area contributed by atoms with Gasteiger partial charge in [0.25, 0.3) is 0 Å². The Bertz CT molecular complexity index is 626. The average Bonchev–Trinajstić information content (AvgIpc) is 2.26. The zero-order chi connectivity index (χ0) is 11.1. The Labute approximate surface area is 99.5 Å². The van der Waals surface area contributed by atoms with Gasteiger partial charge in [0.1, 0.15) is 0 Å². The zero-order valence-electron chi connectivity index (χ0n) is 8.84. The van der Waals surface area contributed by atoms with Crippen molar-refractivity contribution in [1.29, 1.82) is 0 Å². The average molecular weight is 225 g/mol. The van der Waals surface area contributed by atoms with E-state index in [-0.39, 0.29) is 0 Å². The minimum atomic E-state index is 0.740. The minimum absolute atomic E-state index is 0.740. The third-order valence-electron chi connectivity index (χ3n) is 2.70. The first-order valence-corrected chi connectivity index (χ1v) is 5.54. The summed E-state index contributed by atoms with van der Waals surface area (Å²) in [5.74, 6) is 0. The molecule has 0 fully saturated rings. The van der Waals surface area contributed by atoms with Gasteiger partial charge in [-0.2, -0.15) is 0 Å². The predicted octanol–water partition coefficient (Wildman–Crippen LogP) is 4.56. The monoisotopic (exact) mass is 224 g/mol. The second-order valence-corrected chi connectivity index (χ2v) is 4.43. The van der Waals surface area contributed by atoms with Gasteiger partial charge < -0.3 is 0 Å². The molecule has 1 heteroatoms. The highest BCUT2D eigenvalue weighted by atomic mass is 35.5. The fourth-order valence-corrected chi connectivity index (χ4v) is 2.06. The van der Waals surface area contributed by atoms with Crippen molar-refractivity contribution < 1.29 is 0 Å². The standard InChI is InChI=1S/C15H9Cl/c1-10-2-3-11-7-12-4-5-15(16)9-14(12)8-13(11)6-10/h2-6,9H,1H3. The number of halogens is 1. The third-order valence-corrected chi connectivity index (χ3v) is 2.93. The number of fused-ring (bicyclic) bond motifs is 2. The molecule has 0 heterocycles. The van der Waals surface area contributed by atoms with Gasteiger partial charge in [-0.25, -0.2) is 0 Å². The van der Waals surface area contributed by atoms with Gasteiger partial charge in [-0.05, 0) is 52.7 Å². The van der Waals surface area contributed by atoms with E-state index in [0.717, 1.165) is 26.6 Å².